The molecule has 0 bridgehead atoms. The number of aromatic nitrogens is 1. The lowest BCUT2D eigenvalue weighted by Crippen LogP contribution is -2.30. The van der Waals surface area contributed by atoms with Crippen LogP contribution in [0.15, 0.2) is 43.1 Å². The molecule has 26 heavy (non-hydrogen) atoms. The molecule has 2 aromatic rings. The Bertz CT molecular complexity index is 725. The maximum absolute atomic E-state index is 10.3. The largest absolute Gasteiger partial charge is 0.399 e. The molecule has 1 aromatic heterocycles. The lowest BCUT2D eigenvalue weighted by atomic mass is 10.0. The van der Waals surface area contributed by atoms with Gasteiger partial charge in [-0.15, -0.1) is 0 Å². The number of hydrogen-bond donors (Lipinski definition) is 4. The number of rotatable bonds is 6. The molecule has 140 valence electrons. The molecule has 6 nitrogen and oxygen atoms in total. The van der Waals surface area contributed by atoms with Crippen LogP contribution < -0.4 is 22.5 Å². The third-order valence-corrected chi connectivity index (χ3v) is 3.71. The number of nitrogens with two attached hydrogens (primary N) is 3. The molecule has 0 aliphatic rings. The summed E-state index contributed by atoms with van der Waals surface area (Å²) in [6.07, 6.45) is 3.73. The van der Waals surface area contributed by atoms with Crippen LogP contribution >= 0.6 is 0 Å². The van der Waals surface area contributed by atoms with Crippen molar-refractivity contribution >= 4 is 17.3 Å². The number of hydrogen-bond acceptors (Lipinski definition) is 5. The van der Waals surface area contributed by atoms with Gasteiger partial charge in [-0.2, -0.15) is 0 Å². The number of pyridine rings is 1. The molecule has 0 fully saturated rings. The van der Waals surface area contributed by atoms with E-state index >= 15 is 0 Å². The van der Waals surface area contributed by atoms with Crippen LogP contribution in [-0.4, -0.2) is 24.0 Å². The molecule has 0 aliphatic carbocycles. The van der Waals surface area contributed by atoms with E-state index in [2.05, 4.69) is 23.8 Å². The summed E-state index contributed by atoms with van der Waals surface area (Å²) in [5.74, 6) is -0.0770. The fraction of sp³-hybridized carbons (Fsp3) is 0.300. The summed E-state index contributed by atoms with van der Waals surface area (Å²) >= 11 is 0. The monoisotopic (exact) mass is 355 g/mol. The van der Waals surface area contributed by atoms with Crippen LogP contribution in [0.3, 0.4) is 0 Å². The summed E-state index contributed by atoms with van der Waals surface area (Å²) in [7, 11) is 0. The Kier molecular flexibility index (Phi) is 8.87. The lowest BCUT2D eigenvalue weighted by Gasteiger charge is -2.11. The fourth-order valence-corrected chi connectivity index (χ4v) is 2.23. The number of nitrogens with one attached hydrogen (secondary N) is 1. The van der Waals surface area contributed by atoms with E-state index in [0.29, 0.717) is 11.4 Å². The van der Waals surface area contributed by atoms with Gasteiger partial charge in [0.05, 0.1) is 6.54 Å². The molecule has 0 saturated heterocycles. The van der Waals surface area contributed by atoms with Gasteiger partial charge in [0, 0.05) is 46.5 Å². The molecule has 0 saturated carbocycles. The van der Waals surface area contributed by atoms with Crippen molar-refractivity contribution in [2.45, 2.75) is 26.7 Å². The number of para-hydroxylation sites is 1. The molecular formula is C20H29N5O. The topological polar surface area (TPSA) is 120 Å². The molecule has 1 amide bonds. The Labute approximate surface area is 155 Å². The number of benzene rings is 1. The Morgan fingerprint density at radius 3 is 2.46 bits per heavy atom. The first-order chi connectivity index (χ1) is 12.4. The van der Waals surface area contributed by atoms with Gasteiger partial charge >= 0.3 is 0 Å². The number of aryl methyl sites for hydroxylation is 1. The minimum atomic E-state index is -0.0770. The molecule has 6 heteroatoms. The lowest BCUT2D eigenvalue weighted by molar-refractivity contribution is -0.119. The van der Waals surface area contributed by atoms with Crippen molar-refractivity contribution in [3.8, 4) is 11.1 Å². The van der Waals surface area contributed by atoms with Crippen LogP contribution in [0, 0.1) is 0 Å². The minimum absolute atomic E-state index is 0.0770. The predicted molar refractivity (Wildman–Crippen MR) is 109 cm³/mol. The SMILES string of the molecule is C=C(N)c1cccc(-c2ccc(CC)nc2)c1N.CCCNC(=O)CN. The van der Waals surface area contributed by atoms with Crippen molar-refractivity contribution in [1.82, 2.24) is 10.3 Å². The molecular weight excluding hydrogens is 326 g/mol. The van der Waals surface area contributed by atoms with Crippen molar-refractivity contribution in [1.29, 1.82) is 0 Å². The van der Waals surface area contributed by atoms with Gasteiger partial charge in [0.2, 0.25) is 5.91 Å². The smallest absolute Gasteiger partial charge is 0.233 e. The van der Waals surface area contributed by atoms with Crippen molar-refractivity contribution < 1.29 is 4.79 Å². The summed E-state index contributed by atoms with van der Waals surface area (Å²) in [4.78, 5) is 14.7. The number of anilines is 1. The fourth-order valence-electron chi connectivity index (χ4n) is 2.23. The zero-order valence-corrected chi connectivity index (χ0v) is 15.6. The standard InChI is InChI=1S/C15H17N3.C5H12N2O/c1-3-12-8-7-11(9-18-12)14-6-4-5-13(10(2)16)15(14)17;1-2-3-7-5(8)4-6/h4-9H,2-3,16-17H2,1H3;2-4,6H2,1H3,(H,7,8). The predicted octanol–water partition coefficient (Wildman–Crippen LogP) is 2.29. The molecule has 1 aromatic carbocycles. The van der Waals surface area contributed by atoms with Gasteiger partial charge in [-0.1, -0.05) is 44.7 Å². The van der Waals surface area contributed by atoms with Gasteiger partial charge < -0.3 is 22.5 Å². The molecule has 0 unspecified atom stereocenters. The van der Waals surface area contributed by atoms with E-state index < -0.39 is 0 Å². The zero-order chi connectivity index (χ0) is 19.5. The van der Waals surface area contributed by atoms with Crippen LogP contribution in [0.25, 0.3) is 16.8 Å². The highest BCUT2D eigenvalue weighted by Gasteiger charge is 2.08. The number of amides is 1. The van der Waals surface area contributed by atoms with Crippen molar-refractivity contribution in [2.75, 3.05) is 18.8 Å². The summed E-state index contributed by atoms with van der Waals surface area (Å²) in [5, 5.41) is 2.62. The average Bonchev–Trinajstić information content (AvgIpc) is 2.66. The van der Waals surface area contributed by atoms with Gasteiger partial charge in [-0.25, -0.2) is 0 Å². The van der Waals surface area contributed by atoms with Crippen molar-refractivity contribution in [2.24, 2.45) is 11.5 Å². The third-order valence-electron chi connectivity index (χ3n) is 3.71. The van der Waals surface area contributed by atoms with Gasteiger partial charge in [0.25, 0.3) is 0 Å². The Morgan fingerprint density at radius 1 is 1.23 bits per heavy atom. The van der Waals surface area contributed by atoms with Gasteiger partial charge in [0.15, 0.2) is 0 Å². The molecule has 2 rings (SSSR count). The van der Waals surface area contributed by atoms with Crippen molar-refractivity contribution in [3.05, 3.63) is 54.4 Å². The van der Waals surface area contributed by atoms with Gasteiger partial charge in [-0.3, -0.25) is 9.78 Å². The van der Waals surface area contributed by atoms with Crippen LogP contribution in [0.4, 0.5) is 5.69 Å². The second-order valence-electron chi connectivity index (χ2n) is 5.74. The zero-order valence-electron chi connectivity index (χ0n) is 15.6. The maximum atomic E-state index is 10.3. The summed E-state index contributed by atoms with van der Waals surface area (Å²) in [6.45, 7) is 8.64. The van der Waals surface area contributed by atoms with Crippen LogP contribution in [0.2, 0.25) is 0 Å². The third kappa shape index (κ3) is 6.22. The van der Waals surface area contributed by atoms with E-state index in [1.807, 2.05) is 43.5 Å². The molecule has 0 aliphatic heterocycles. The molecule has 7 N–H and O–H groups in total. The van der Waals surface area contributed by atoms with E-state index in [9.17, 15) is 4.79 Å². The number of carbonyl (C=O) groups is 1. The highest BCUT2D eigenvalue weighted by atomic mass is 16.1. The molecule has 1 heterocycles. The minimum Gasteiger partial charge on any atom is -0.399 e. The molecule has 0 radical (unpaired) electrons. The van der Waals surface area contributed by atoms with Crippen LogP contribution in [0.1, 0.15) is 31.5 Å². The van der Waals surface area contributed by atoms with Gasteiger partial charge in [-0.05, 0) is 18.9 Å². The van der Waals surface area contributed by atoms with Crippen LogP contribution in [0.5, 0.6) is 0 Å². The first kappa shape index (κ1) is 21.2. The number of nitrogen functional groups attached to an aromatic ring is 1. The Balaban J connectivity index is 0.000000359. The van der Waals surface area contributed by atoms with E-state index in [1.165, 1.54) is 0 Å². The van der Waals surface area contributed by atoms with E-state index in [0.717, 1.165) is 41.8 Å². The van der Waals surface area contributed by atoms with E-state index in [1.54, 1.807) is 0 Å². The highest BCUT2D eigenvalue weighted by molar-refractivity contribution is 5.85. The van der Waals surface area contributed by atoms with Gasteiger partial charge in [0.1, 0.15) is 0 Å². The maximum Gasteiger partial charge on any atom is 0.233 e. The first-order valence-electron chi connectivity index (χ1n) is 8.69. The number of nitrogens with zero attached hydrogens (tertiary/aromatic N) is 1. The van der Waals surface area contributed by atoms with Crippen molar-refractivity contribution in [3.63, 3.8) is 0 Å². The average molecular weight is 355 g/mol. The second kappa shape index (κ2) is 10.9. The van der Waals surface area contributed by atoms with E-state index in [-0.39, 0.29) is 12.5 Å². The quantitative estimate of drug-likeness (QED) is 0.593. The highest BCUT2D eigenvalue weighted by Crippen LogP contribution is 2.30. The summed E-state index contributed by atoms with van der Waals surface area (Å²) < 4.78 is 0. The second-order valence-corrected chi connectivity index (χ2v) is 5.74. The molecule has 0 atom stereocenters. The molecule has 0 spiro atoms. The summed E-state index contributed by atoms with van der Waals surface area (Å²) in [6, 6.07) is 9.80. The summed E-state index contributed by atoms with van der Waals surface area (Å²) in [5.41, 5.74) is 21.7. The van der Waals surface area contributed by atoms with Crippen LogP contribution in [-0.2, 0) is 11.2 Å². The van der Waals surface area contributed by atoms with E-state index in [4.69, 9.17) is 17.2 Å². The first-order valence-corrected chi connectivity index (χ1v) is 8.69. The number of carbonyl (C=O) groups excluding carboxylic acids is 1. The normalized spacial score (nSPS) is 9.81. The Morgan fingerprint density at radius 2 is 1.96 bits per heavy atom. The Hall–Kier alpha value is -2.86.